The van der Waals surface area contributed by atoms with Gasteiger partial charge in [0.05, 0.1) is 28.5 Å². The molecular formula is C30H23FN2O5S. The number of thiazole rings is 1. The molecule has 2 aliphatic rings. The Bertz CT molecular complexity index is 1770. The Kier molecular flexibility index (Phi) is 6.58. The van der Waals surface area contributed by atoms with Gasteiger partial charge < -0.3 is 14.2 Å². The van der Waals surface area contributed by atoms with Crippen LogP contribution in [0.5, 0.6) is 11.5 Å². The minimum absolute atomic E-state index is 0.148. The van der Waals surface area contributed by atoms with Crippen molar-refractivity contribution in [2.75, 3.05) is 19.8 Å². The van der Waals surface area contributed by atoms with Crippen LogP contribution in [0.25, 0.3) is 11.8 Å². The third kappa shape index (κ3) is 4.66. The van der Waals surface area contributed by atoms with Crippen LogP contribution in [0.3, 0.4) is 0 Å². The number of halogens is 1. The van der Waals surface area contributed by atoms with Gasteiger partial charge in [-0.05, 0) is 48.4 Å². The summed E-state index contributed by atoms with van der Waals surface area (Å²) in [5.41, 5.74) is 2.34. The van der Waals surface area contributed by atoms with Crippen LogP contribution in [0, 0.1) is 5.82 Å². The first-order valence-electron chi connectivity index (χ1n) is 12.5. The van der Waals surface area contributed by atoms with Crippen molar-refractivity contribution in [2.24, 2.45) is 4.99 Å². The lowest BCUT2D eigenvalue weighted by Gasteiger charge is -2.25. The number of aromatic nitrogens is 1. The van der Waals surface area contributed by atoms with E-state index in [0.717, 1.165) is 5.56 Å². The Hall–Kier alpha value is -4.50. The molecule has 0 amide bonds. The highest BCUT2D eigenvalue weighted by molar-refractivity contribution is 7.07. The van der Waals surface area contributed by atoms with Crippen molar-refractivity contribution < 1.29 is 23.4 Å². The smallest absolute Gasteiger partial charge is 0.338 e. The molecule has 2 aliphatic heterocycles. The molecule has 1 aromatic heterocycles. The summed E-state index contributed by atoms with van der Waals surface area (Å²) >= 11 is 1.22. The first kappa shape index (κ1) is 24.8. The van der Waals surface area contributed by atoms with Crippen molar-refractivity contribution in [2.45, 2.75) is 13.0 Å². The van der Waals surface area contributed by atoms with Crippen molar-refractivity contribution in [3.8, 4) is 11.5 Å². The molecule has 3 heterocycles. The van der Waals surface area contributed by atoms with Crippen LogP contribution in [-0.2, 0) is 9.53 Å². The van der Waals surface area contributed by atoms with Crippen molar-refractivity contribution in [1.29, 1.82) is 0 Å². The fraction of sp³-hybridized carbons (Fsp3) is 0.167. The van der Waals surface area contributed by atoms with Crippen LogP contribution in [-0.4, -0.2) is 30.4 Å². The van der Waals surface area contributed by atoms with Gasteiger partial charge >= 0.3 is 5.97 Å². The predicted octanol–water partition coefficient (Wildman–Crippen LogP) is 3.85. The summed E-state index contributed by atoms with van der Waals surface area (Å²) in [4.78, 5) is 32.6. The fourth-order valence-corrected chi connectivity index (χ4v) is 5.70. The maximum atomic E-state index is 13.9. The van der Waals surface area contributed by atoms with Crippen LogP contribution in [0.15, 0.2) is 88.2 Å². The zero-order valence-corrected chi connectivity index (χ0v) is 21.7. The van der Waals surface area contributed by atoms with E-state index in [4.69, 9.17) is 19.2 Å². The average Bonchev–Trinajstić information content (AvgIpc) is 3.27. The summed E-state index contributed by atoms with van der Waals surface area (Å²) in [5.74, 6) is 0.260. The Morgan fingerprint density at radius 2 is 1.82 bits per heavy atom. The maximum absolute atomic E-state index is 13.9. The van der Waals surface area contributed by atoms with Crippen LogP contribution >= 0.6 is 11.3 Å². The number of ether oxygens (including phenoxy) is 3. The van der Waals surface area contributed by atoms with Gasteiger partial charge in [0.15, 0.2) is 16.3 Å². The van der Waals surface area contributed by atoms with Crippen LogP contribution in [0.1, 0.15) is 29.7 Å². The molecule has 0 saturated carbocycles. The summed E-state index contributed by atoms with van der Waals surface area (Å²) in [6.45, 7) is 2.81. The lowest BCUT2D eigenvalue weighted by molar-refractivity contribution is -0.138. The minimum Gasteiger partial charge on any atom is -0.486 e. The van der Waals surface area contributed by atoms with Crippen molar-refractivity contribution in [3.63, 3.8) is 0 Å². The van der Waals surface area contributed by atoms with Crippen molar-refractivity contribution in [1.82, 2.24) is 4.57 Å². The van der Waals surface area contributed by atoms with Gasteiger partial charge in [-0.3, -0.25) is 9.36 Å². The fourth-order valence-electron chi connectivity index (χ4n) is 4.70. The third-order valence-electron chi connectivity index (χ3n) is 6.42. The molecule has 3 aromatic carbocycles. The molecule has 0 N–H and O–H groups in total. The summed E-state index contributed by atoms with van der Waals surface area (Å²) in [5, 5.41) is 0. The van der Waals surface area contributed by atoms with Crippen molar-refractivity contribution in [3.05, 3.63) is 121 Å². The van der Waals surface area contributed by atoms with Gasteiger partial charge in [-0.2, -0.15) is 0 Å². The molecule has 9 heteroatoms. The zero-order valence-electron chi connectivity index (χ0n) is 20.9. The van der Waals surface area contributed by atoms with Crippen LogP contribution < -0.4 is 24.4 Å². The monoisotopic (exact) mass is 542 g/mol. The van der Waals surface area contributed by atoms with E-state index >= 15 is 0 Å². The lowest BCUT2D eigenvalue weighted by Crippen LogP contribution is -2.40. The molecule has 0 radical (unpaired) electrons. The SMILES string of the molecule is CCOC(=O)C1=C(c2ccccc2)N=c2s/c(=C\c3ccc4c(c3)OCCO4)c(=O)n2[C@@H]1c1ccc(F)cc1. The van der Waals surface area contributed by atoms with E-state index in [1.54, 1.807) is 25.1 Å². The summed E-state index contributed by atoms with van der Waals surface area (Å²) in [7, 11) is 0. The van der Waals surface area contributed by atoms with Gasteiger partial charge in [-0.25, -0.2) is 14.2 Å². The molecule has 0 spiro atoms. The van der Waals surface area contributed by atoms with E-state index in [0.29, 0.717) is 50.9 Å². The van der Waals surface area contributed by atoms with Gasteiger partial charge in [-0.1, -0.05) is 59.9 Å². The first-order chi connectivity index (χ1) is 19.0. The standard InChI is InChI=1S/C30H23FN2O5S/c1-2-36-29(35)25-26(19-6-4-3-5-7-19)32-30-33(27(25)20-9-11-21(31)12-10-20)28(34)24(39-30)17-18-8-13-22-23(16-18)38-15-14-37-22/h3-13,16-17,27H,2,14-15H2,1H3/b24-17-/t27-/m1/s1. The van der Waals surface area contributed by atoms with Crippen LogP contribution in [0.4, 0.5) is 4.39 Å². The topological polar surface area (TPSA) is 79.1 Å². The zero-order chi connectivity index (χ0) is 26.9. The van der Waals surface area contributed by atoms with Crippen molar-refractivity contribution >= 4 is 29.1 Å². The Morgan fingerprint density at radius 3 is 2.56 bits per heavy atom. The Labute approximate surface area is 226 Å². The number of nitrogens with zero attached hydrogens (tertiary/aromatic N) is 2. The number of hydrogen-bond donors (Lipinski definition) is 0. The van der Waals surface area contributed by atoms with Gasteiger partial charge in [-0.15, -0.1) is 0 Å². The number of rotatable bonds is 5. The molecule has 6 rings (SSSR count). The average molecular weight is 543 g/mol. The van der Waals surface area contributed by atoms with E-state index in [1.807, 2.05) is 48.5 Å². The highest BCUT2D eigenvalue weighted by Gasteiger charge is 2.35. The molecule has 0 unspecified atom stereocenters. The molecular weight excluding hydrogens is 519 g/mol. The largest absolute Gasteiger partial charge is 0.486 e. The molecule has 4 aromatic rings. The molecule has 39 heavy (non-hydrogen) atoms. The van der Waals surface area contributed by atoms with Crippen LogP contribution in [0.2, 0.25) is 0 Å². The summed E-state index contributed by atoms with van der Waals surface area (Å²) in [6, 6.07) is 19.7. The lowest BCUT2D eigenvalue weighted by atomic mass is 9.93. The van der Waals surface area contributed by atoms with Gasteiger partial charge in [0, 0.05) is 5.56 Å². The summed E-state index contributed by atoms with van der Waals surface area (Å²) < 4.78 is 32.6. The molecule has 7 nitrogen and oxygen atoms in total. The number of benzene rings is 3. The van der Waals surface area contributed by atoms with E-state index in [1.165, 1.54) is 28.0 Å². The van der Waals surface area contributed by atoms with E-state index in [2.05, 4.69) is 0 Å². The second-order valence-corrected chi connectivity index (χ2v) is 9.90. The first-order valence-corrected chi connectivity index (χ1v) is 13.3. The molecule has 1 atom stereocenters. The number of carbonyl (C=O) groups is 1. The number of fused-ring (bicyclic) bond motifs is 2. The quantitative estimate of drug-likeness (QED) is 0.358. The Morgan fingerprint density at radius 1 is 1.08 bits per heavy atom. The molecule has 0 aliphatic carbocycles. The van der Waals surface area contributed by atoms with E-state index in [-0.39, 0.29) is 17.7 Å². The highest BCUT2D eigenvalue weighted by atomic mass is 32.1. The minimum atomic E-state index is -0.862. The van der Waals surface area contributed by atoms with Gasteiger partial charge in [0.25, 0.3) is 5.56 Å². The number of esters is 1. The number of carbonyl (C=O) groups excluding carboxylic acids is 1. The van der Waals surface area contributed by atoms with E-state index < -0.39 is 17.8 Å². The predicted molar refractivity (Wildman–Crippen MR) is 145 cm³/mol. The van der Waals surface area contributed by atoms with Gasteiger partial charge in [0.2, 0.25) is 0 Å². The van der Waals surface area contributed by atoms with Gasteiger partial charge in [0.1, 0.15) is 19.0 Å². The molecule has 0 fully saturated rings. The summed E-state index contributed by atoms with van der Waals surface area (Å²) in [6.07, 6.45) is 1.76. The second-order valence-electron chi connectivity index (χ2n) is 8.89. The normalized spacial score (nSPS) is 16.5. The maximum Gasteiger partial charge on any atom is 0.338 e. The highest BCUT2D eigenvalue weighted by Crippen LogP contribution is 2.35. The number of hydrogen-bond acceptors (Lipinski definition) is 7. The molecule has 0 saturated heterocycles. The van der Waals surface area contributed by atoms with E-state index in [9.17, 15) is 14.0 Å². The second kappa shape index (κ2) is 10.3. The molecule has 196 valence electrons. The molecule has 0 bridgehead atoms. The third-order valence-corrected chi connectivity index (χ3v) is 7.41. The Balaban J connectivity index is 1.60.